The molecule has 0 bridgehead atoms. The molecule has 30 heavy (non-hydrogen) atoms. The molecule has 4 rings (SSSR count). The molecule has 1 unspecified atom stereocenters. The number of fused-ring (bicyclic) bond motifs is 3. The van der Waals surface area contributed by atoms with E-state index in [1.807, 2.05) is 24.3 Å². The summed E-state index contributed by atoms with van der Waals surface area (Å²) in [6.07, 6.45) is 8.68. The molecule has 1 aromatic carbocycles. The Balaban J connectivity index is 1.83. The summed E-state index contributed by atoms with van der Waals surface area (Å²) in [6.45, 7) is 6.19. The normalized spacial score (nSPS) is 19.0. The summed E-state index contributed by atoms with van der Waals surface area (Å²) in [4.78, 5) is 26.2. The summed E-state index contributed by atoms with van der Waals surface area (Å²) in [5.74, 6) is -0.0207. The first-order valence-electron chi connectivity index (χ1n) is 10.2. The minimum Gasteiger partial charge on any atom is -0.449 e. The zero-order chi connectivity index (χ0) is 21.5. The van der Waals surface area contributed by atoms with Gasteiger partial charge in [0.1, 0.15) is 0 Å². The summed E-state index contributed by atoms with van der Waals surface area (Å²) in [5, 5.41) is 4.10. The molecule has 0 radical (unpaired) electrons. The molecule has 1 aliphatic heterocycles. The van der Waals surface area contributed by atoms with Gasteiger partial charge < -0.3 is 4.74 Å². The Hall–Kier alpha value is -2.63. The summed E-state index contributed by atoms with van der Waals surface area (Å²) in [7, 11) is 0. The van der Waals surface area contributed by atoms with E-state index in [0.29, 0.717) is 30.0 Å². The van der Waals surface area contributed by atoms with Crippen LogP contribution in [0, 0.1) is 0 Å². The lowest BCUT2D eigenvalue weighted by atomic mass is 9.82. The lowest BCUT2D eigenvalue weighted by Gasteiger charge is -2.38. The Labute approximate surface area is 181 Å². The highest BCUT2D eigenvalue weighted by atomic mass is 35.5. The van der Waals surface area contributed by atoms with E-state index in [0.717, 1.165) is 22.5 Å². The molecule has 2 aliphatic rings. The number of carbonyl (C=O) groups excluding carboxylic acids is 2. The van der Waals surface area contributed by atoms with Gasteiger partial charge >= 0.3 is 6.09 Å². The highest BCUT2D eigenvalue weighted by Crippen LogP contribution is 2.39. The maximum absolute atomic E-state index is 13.3. The summed E-state index contributed by atoms with van der Waals surface area (Å²) in [5.41, 5.74) is 3.90. The number of nitrogens with zero attached hydrogens (tertiary/aromatic N) is 1. The number of carbonyl (C=O) groups is 2. The summed E-state index contributed by atoms with van der Waals surface area (Å²) >= 11 is 5.98. The second-order valence-corrected chi connectivity index (χ2v) is 8.54. The molecule has 1 aromatic heterocycles. The number of rotatable bonds is 3. The van der Waals surface area contributed by atoms with Gasteiger partial charge in [-0.1, -0.05) is 35.9 Å². The second-order valence-electron chi connectivity index (χ2n) is 8.10. The first-order chi connectivity index (χ1) is 14.3. The fraction of sp³-hybridized carbons (Fsp3) is 0.333. The fourth-order valence-corrected chi connectivity index (χ4v) is 4.64. The SMILES string of the molecule is CCOC(=O)n1c2c(c3c1CC(C(=O)c1ccc(Cl)cc1)NC3(C)C)C=CC=CC2. The first kappa shape index (κ1) is 20.6. The van der Waals surface area contributed by atoms with Gasteiger partial charge in [-0.15, -0.1) is 0 Å². The Morgan fingerprint density at radius 2 is 1.93 bits per heavy atom. The number of allylic oxidation sites excluding steroid dienone is 3. The highest BCUT2D eigenvalue weighted by molar-refractivity contribution is 6.30. The van der Waals surface area contributed by atoms with Crippen molar-refractivity contribution >= 4 is 29.6 Å². The van der Waals surface area contributed by atoms with Crippen molar-refractivity contribution < 1.29 is 14.3 Å². The topological polar surface area (TPSA) is 60.3 Å². The molecule has 0 fully saturated rings. The zero-order valence-electron chi connectivity index (χ0n) is 17.4. The van der Waals surface area contributed by atoms with Crippen LogP contribution in [0.2, 0.25) is 5.02 Å². The summed E-state index contributed by atoms with van der Waals surface area (Å²) in [6, 6.07) is 6.45. The van der Waals surface area contributed by atoms with E-state index in [9.17, 15) is 9.59 Å². The van der Waals surface area contributed by atoms with Gasteiger partial charge in [0.05, 0.1) is 12.6 Å². The number of hydrogen-bond acceptors (Lipinski definition) is 4. The van der Waals surface area contributed by atoms with Crippen LogP contribution in [-0.2, 0) is 23.1 Å². The number of ether oxygens (including phenoxy) is 1. The van der Waals surface area contributed by atoms with Gasteiger partial charge in [0.15, 0.2) is 5.78 Å². The number of nitrogens with one attached hydrogen (secondary N) is 1. The predicted molar refractivity (Wildman–Crippen MR) is 118 cm³/mol. The lowest BCUT2D eigenvalue weighted by molar-refractivity contribution is 0.0910. The van der Waals surface area contributed by atoms with Crippen molar-refractivity contribution in [3.63, 3.8) is 0 Å². The Morgan fingerprint density at radius 1 is 1.20 bits per heavy atom. The van der Waals surface area contributed by atoms with E-state index in [2.05, 4.69) is 19.2 Å². The largest absolute Gasteiger partial charge is 0.449 e. The number of ketones is 1. The van der Waals surface area contributed by atoms with Crippen molar-refractivity contribution in [3.05, 3.63) is 75.6 Å². The fourth-order valence-electron chi connectivity index (χ4n) is 4.51. The minimum atomic E-state index is -0.503. The first-order valence-corrected chi connectivity index (χ1v) is 10.6. The Morgan fingerprint density at radius 3 is 2.63 bits per heavy atom. The predicted octanol–water partition coefficient (Wildman–Crippen LogP) is 4.90. The minimum absolute atomic E-state index is 0.0207. The van der Waals surface area contributed by atoms with Crippen LogP contribution in [0.3, 0.4) is 0 Å². The van der Waals surface area contributed by atoms with Crippen molar-refractivity contribution in [2.45, 2.75) is 45.2 Å². The Kier molecular flexibility index (Phi) is 5.43. The second kappa shape index (κ2) is 7.89. The smallest absolute Gasteiger partial charge is 0.418 e. The van der Waals surface area contributed by atoms with Gasteiger partial charge in [-0.25, -0.2) is 4.79 Å². The maximum atomic E-state index is 13.3. The van der Waals surface area contributed by atoms with E-state index >= 15 is 0 Å². The molecule has 0 saturated heterocycles. The van der Waals surface area contributed by atoms with Gasteiger partial charge in [-0.05, 0) is 45.0 Å². The maximum Gasteiger partial charge on any atom is 0.418 e. The van der Waals surface area contributed by atoms with Crippen LogP contribution in [0.25, 0.3) is 6.08 Å². The van der Waals surface area contributed by atoms with Gasteiger partial charge in [0.25, 0.3) is 0 Å². The molecule has 1 atom stereocenters. The number of benzene rings is 1. The Bertz CT molecular complexity index is 1060. The zero-order valence-corrected chi connectivity index (χ0v) is 18.1. The third-order valence-electron chi connectivity index (χ3n) is 5.68. The molecule has 1 aliphatic carbocycles. The van der Waals surface area contributed by atoms with Gasteiger partial charge in [-0.3, -0.25) is 14.7 Å². The van der Waals surface area contributed by atoms with Crippen LogP contribution >= 0.6 is 11.6 Å². The van der Waals surface area contributed by atoms with Crippen LogP contribution in [0.1, 0.15) is 53.6 Å². The third kappa shape index (κ3) is 3.53. The van der Waals surface area contributed by atoms with Crippen LogP contribution in [0.15, 0.2) is 42.5 Å². The van der Waals surface area contributed by atoms with E-state index in [1.54, 1.807) is 35.8 Å². The van der Waals surface area contributed by atoms with E-state index in [1.165, 1.54) is 0 Å². The molecule has 0 spiro atoms. The molecular weight excluding hydrogens is 400 g/mol. The van der Waals surface area contributed by atoms with Gasteiger partial charge in [-0.2, -0.15) is 0 Å². The molecule has 2 aromatic rings. The van der Waals surface area contributed by atoms with Crippen molar-refractivity contribution in [3.8, 4) is 0 Å². The van der Waals surface area contributed by atoms with Gasteiger partial charge in [0.2, 0.25) is 0 Å². The van der Waals surface area contributed by atoms with Gasteiger partial charge in [0, 0.05) is 51.5 Å². The molecule has 2 heterocycles. The number of hydrogen-bond donors (Lipinski definition) is 1. The van der Waals surface area contributed by atoms with E-state index < -0.39 is 17.7 Å². The summed E-state index contributed by atoms with van der Waals surface area (Å²) < 4.78 is 7.06. The molecule has 6 heteroatoms. The quantitative estimate of drug-likeness (QED) is 0.711. The molecule has 156 valence electrons. The molecule has 0 saturated carbocycles. The average molecular weight is 425 g/mol. The van der Waals surface area contributed by atoms with Crippen LogP contribution in [0.4, 0.5) is 4.79 Å². The molecular formula is C24H25ClN2O3. The highest BCUT2D eigenvalue weighted by Gasteiger charge is 2.42. The van der Waals surface area contributed by atoms with E-state index in [-0.39, 0.29) is 5.78 Å². The number of aromatic nitrogens is 1. The molecule has 0 amide bonds. The average Bonchev–Trinajstić information content (AvgIpc) is 2.84. The monoisotopic (exact) mass is 424 g/mol. The molecule has 1 N–H and O–H groups in total. The van der Waals surface area contributed by atoms with Crippen LogP contribution in [0.5, 0.6) is 0 Å². The standard InChI is InChI=1S/C24H25ClN2O3/c1-4-30-23(29)27-19-9-7-5-6-8-17(19)21-20(27)14-18(26-24(21,2)3)22(28)15-10-12-16(25)13-11-15/h5-8,10-13,18,26H,4,9,14H2,1-3H3. The van der Waals surface area contributed by atoms with E-state index in [4.69, 9.17) is 16.3 Å². The van der Waals surface area contributed by atoms with Crippen molar-refractivity contribution in [2.75, 3.05) is 6.61 Å². The van der Waals surface area contributed by atoms with Crippen molar-refractivity contribution in [2.24, 2.45) is 0 Å². The van der Waals surface area contributed by atoms with Crippen LogP contribution in [-0.4, -0.2) is 29.1 Å². The van der Waals surface area contributed by atoms with Crippen molar-refractivity contribution in [1.29, 1.82) is 0 Å². The third-order valence-corrected chi connectivity index (χ3v) is 5.94. The number of Topliss-reactive ketones (excluding diaryl/α,β-unsaturated/α-hetero) is 1. The number of halogens is 1. The lowest BCUT2D eigenvalue weighted by Crippen LogP contribution is -2.53. The van der Waals surface area contributed by atoms with Crippen molar-refractivity contribution in [1.82, 2.24) is 9.88 Å². The molecule has 5 nitrogen and oxygen atoms in total. The van der Waals surface area contributed by atoms with Crippen LogP contribution < -0.4 is 5.32 Å².